The fourth-order valence-corrected chi connectivity index (χ4v) is 1.82. The van der Waals surface area contributed by atoms with Crippen molar-refractivity contribution in [2.75, 3.05) is 0 Å². The maximum Gasteiger partial charge on any atom is 0.331 e. The average molecular weight is 292 g/mol. The van der Waals surface area contributed by atoms with Gasteiger partial charge in [0.25, 0.3) is 0 Å². The zero-order valence-corrected chi connectivity index (χ0v) is 11.7. The van der Waals surface area contributed by atoms with E-state index in [1.165, 1.54) is 6.92 Å². The predicted molar refractivity (Wildman–Crippen MR) is 71.7 cm³/mol. The lowest BCUT2D eigenvalue weighted by atomic mass is 10.2. The summed E-state index contributed by atoms with van der Waals surface area (Å²) in [7, 11) is 0. The summed E-state index contributed by atoms with van der Waals surface area (Å²) in [5.41, 5.74) is 1.10. The van der Waals surface area contributed by atoms with Crippen LogP contribution >= 0.6 is 0 Å². The van der Waals surface area contributed by atoms with Crippen LogP contribution in [0.4, 0.5) is 0 Å². The maximum atomic E-state index is 11.2. The lowest BCUT2D eigenvalue weighted by Crippen LogP contribution is -2.31. The molecule has 0 bridgehead atoms. The first kappa shape index (κ1) is 14.9. The third kappa shape index (κ3) is 3.54. The summed E-state index contributed by atoms with van der Waals surface area (Å²) in [5, 5.41) is 29.5. The maximum absolute atomic E-state index is 11.2. The van der Waals surface area contributed by atoms with Crippen LogP contribution in [0.3, 0.4) is 0 Å². The molecule has 0 aliphatic heterocycles. The van der Waals surface area contributed by atoms with Crippen LogP contribution in [0.15, 0.2) is 24.3 Å². The van der Waals surface area contributed by atoms with Gasteiger partial charge in [-0.2, -0.15) is 0 Å². The second kappa shape index (κ2) is 6.31. The first-order valence-corrected chi connectivity index (χ1v) is 6.36. The van der Waals surface area contributed by atoms with Crippen molar-refractivity contribution in [2.24, 2.45) is 0 Å². The molecule has 112 valence electrons. The highest BCUT2D eigenvalue weighted by molar-refractivity contribution is 5.72. The normalized spacial score (nSPS) is 13.7. The standard InChI is InChI=1S/C13H16N4O4/c1-8-3-5-10(6-4-8)21-7-11-14-15-16-17(11)12(9(2)18)13(19)20/h3-6,9,12,18H,7H2,1-2H3,(H,19,20). The van der Waals surface area contributed by atoms with Crippen LogP contribution in [-0.4, -0.2) is 42.5 Å². The second-order valence-corrected chi connectivity index (χ2v) is 4.67. The van der Waals surface area contributed by atoms with Gasteiger partial charge in [0.1, 0.15) is 12.4 Å². The molecule has 2 aromatic rings. The number of aromatic nitrogens is 4. The lowest BCUT2D eigenvalue weighted by molar-refractivity contribution is -0.144. The summed E-state index contributed by atoms with van der Waals surface area (Å²) in [5.74, 6) is -0.364. The Morgan fingerprint density at radius 1 is 1.38 bits per heavy atom. The molecule has 1 heterocycles. The number of rotatable bonds is 6. The van der Waals surface area contributed by atoms with Crippen LogP contribution in [0.2, 0.25) is 0 Å². The summed E-state index contributed by atoms with van der Waals surface area (Å²) < 4.78 is 6.57. The van der Waals surface area contributed by atoms with Crippen molar-refractivity contribution in [2.45, 2.75) is 32.6 Å². The number of benzene rings is 1. The average Bonchev–Trinajstić information content (AvgIpc) is 2.85. The summed E-state index contributed by atoms with van der Waals surface area (Å²) >= 11 is 0. The third-order valence-electron chi connectivity index (χ3n) is 2.92. The van der Waals surface area contributed by atoms with Gasteiger partial charge in [0.2, 0.25) is 0 Å². The van der Waals surface area contributed by atoms with Gasteiger partial charge in [0.15, 0.2) is 11.9 Å². The van der Waals surface area contributed by atoms with Gasteiger partial charge in [-0.05, 0) is 36.4 Å². The van der Waals surface area contributed by atoms with Crippen LogP contribution in [0.25, 0.3) is 0 Å². The third-order valence-corrected chi connectivity index (χ3v) is 2.92. The molecule has 0 saturated heterocycles. The van der Waals surface area contributed by atoms with Crippen molar-refractivity contribution < 1.29 is 19.7 Å². The SMILES string of the molecule is Cc1ccc(OCc2nnnn2C(C(=O)O)C(C)O)cc1. The fraction of sp³-hybridized carbons (Fsp3) is 0.385. The zero-order valence-electron chi connectivity index (χ0n) is 11.7. The van der Waals surface area contributed by atoms with E-state index in [1.807, 2.05) is 19.1 Å². The molecule has 2 N–H and O–H groups in total. The number of nitrogens with zero attached hydrogens (tertiary/aromatic N) is 4. The van der Waals surface area contributed by atoms with E-state index < -0.39 is 18.1 Å². The van der Waals surface area contributed by atoms with Crippen molar-refractivity contribution in [1.29, 1.82) is 0 Å². The lowest BCUT2D eigenvalue weighted by Gasteiger charge is -2.16. The minimum absolute atomic E-state index is 0.00651. The Morgan fingerprint density at radius 3 is 2.62 bits per heavy atom. The molecule has 8 heteroatoms. The minimum Gasteiger partial charge on any atom is -0.486 e. The number of hydrogen-bond donors (Lipinski definition) is 2. The monoisotopic (exact) mass is 292 g/mol. The van der Waals surface area contributed by atoms with Crippen LogP contribution in [0.5, 0.6) is 5.75 Å². The highest BCUT2D eigenvalue weighted by atomic mass is 16.5. The van der Waals surface area contributed by atoms with Crippen molar-refractivity contribution in [1.82, 2.24) is 20.2 Å². The first-order chi connectivity index (χ1) is 9.99. The van der Waals surface area contributed by atoms with Crippen molar-refractivity contribution >= 4 is 5.97 Å². The van der Waals surface area contributed by atoms with Gasteiger partial charge in [0, 0.05) is 0 Å². The number of aryl methyl sites for hydroxylation is 1. The van der Waals surface area contributed by atoms with E-state index in [-0.39, 0.29) is 12.4 Å². The highest BCUT2D eigenvalue weighted by Crippen LogP contribution is 2.16. The minimum atomic E-state index is -1.25. The Bertz CT molecular complexity index is 609. The molecule has 21 heavy (non-hydrogen) atoms. The molecule has 8 nitrogen and oxygen atoms in total. The largest absolute Gasteiger partial charge is 0.486 e. The number of hydrogen-bond acceptors (Lipinski definition) is 6. The molecule has 1 aromatic carbocycles. The molecular weight excluding hydrogens is 276 g/mol. The van der Waals surface area contributed by atoms with Gasteiger partial charge in [-0.3, -0.25) is 0 Å². The van der Waals surface area contributed by atoms with Crippen LogP contribution < -0.4 is 4.74 Å². The number of aliphatic hydroxyl groups is 1. The molecule has 0 fully saturated rings. The molecule has 0 aliphatic carbocycles. The molecule has 2 rings (SSSR count). The number of tetrazole rings is 1. The van der Waals surface area contributed by atoms with Crippen LogP contribution in [0, 0.1) is 6.92 Å². The molecule has 1 aromatic heterocycles. The molecule has 0 amide bonds. The van der Waals surface area contributed by atoms with Crippen molar-refractivity contribution in [3.63, 3.8) is 0 Å². The summed E-state index contributed by atoms with van der Waals surface area (Å²) in [6.07, 6.45) is -1.14. The smallest absolute Gasteiger partial charge is 0.331 e. The van der Waals surface area contributed by atoms with E-state index in [0.29, 0.717) is 5.75 Å². The number of carboxylic acids is 1. The number of carboxylic acid groups (broad SMARTS) is 1. The number of ether oxygens (including phenoxy) is 1. The van der Waals surface area contributed by atoms with Gasteiger partial charge in [-0.1, -0.05) is 17.7 Å². The van der Waals surface area contributed by atoms with Crippen LogP contribution in [0.1, 0.15) is 24.4 Å². The quantitative estimate of drug-likeness (QED) is 0.800. The van der Waals surface area contributed by atoms with E-state index in [0.717, 1.165) is 10.2 Å². The molecule has 2 unspecified atom stereocenters. The topological polar surface area (TPSA) is 110 Å². The molecule has 0 radical (unpaired) electrons. The van der Waals surface area contributed by atoms with E-state index in [4.69, 9.17) is 9.84 Å². The second-order valence-electron chi connectivity index (χ2n) is 4.67. The zero-order chi connectivity index (χ0) is 15.4. The van der Waals surface area contributed by atoms with Crippen molar-refractivity contribution in [3.8, 4) is 5.75 Å². The summed E-state index contributed by atoms with van der Waals surface area (Å²) in [6.45, 7) is 3.34. The molecule has 0 aliphatic rings. The van der Waals surface area contributed by atoms with E-state index in [9.17, 15) is 9.90 Å². The summed E-state index contributed by atoms with van der Waals surface area (Å²) in [4.78, 5) is 11.2. The van der Waals surface area contributed by atoms with Gasteiger partial charge >= 0.3 is 5.97 Å². The Kier molecular flexibility index (Phi) is 4.49. The van der Waals surface area contributed by atoms with Gasteiger partial charge in [0.05, 0.1) is 6.10 Å². The Morgan fingerprint density at radius 2 is 2.05 bits per heavy atom. The number of aliphatic hydroxyl groups excluding tert-OH is 1. The highest BCUT2D eigenvalue weighted by Gasteiger charge is 2.29. The Hall–Kier alpha value is -2.48. The van der Waals surface area contributed by atoms with Gasteiger partial charge in [-0.15, -0.1) is 5.10 Å². The van der Waals surface area contributed by atoms with E-state index >= 15 is 0 Å². The molecular formula is C13H16N4O4. The van der Waals surface area contributed by atoms with Crippen molar-refractivity contribution in [3.05, 3.63) is 35.7 Å². The predicted octanol–water partition coefficient (Wildman–Crippen LogP) is 0.567. The Labute approximate surface area is 121 Å². The fourth-order valence-electron chi connectivity index (χ4n) is 1.82. The number of aliphatic carboxylic acids is 1. The van der Waals surface area contributed by atoms with Gasteiger partial charge < -0.3 is 14.9 Å². The Balaban J connectivity index is 2.13. The molecule has 0 saturated carbocycles. The number of carbonyl (C=O) groups is 1. The first-order valence-electron chi connectivity index (χ1n) is 6.36. The van der Waals surface area contributed by atoms with E-state index in [2.05, 4.69) is 15.5 Å². The summed E-state index contributed by atoms with van der Waals surface area (Å²) in [6, 6.07) is 6.14. The van der Waals surface area contributed by atoms with E-state index in [1.54, 1.807) is 12.1 Å². The molecule has 0 spiro atoms. The molecule has 2 atom stereocenters. The van der Waals surface area contributed by atoms with Crippen LogP contribution in [-0.2, 0) is 11.4 Å². The van der Waals surface area contributed by atoms with Gasteiger partial charge in [-0.25, -0.2) is 9.48 Å².